The normalized spacial score (nSPS) is 11.2. The molecule has 0 aliphatic rings. The van der Waals surface area contributed by atoms with Crippen molar-refractivity contribution in [3.63, 3.8) is 0 Å². The summed E-state index contributed by atoms with van der Waals surface area (Å²) in [6, 6.07) is 6.87. The van der Waals surface area contributed by atoms with E-state index in [-0.39, 0.29) is 4.90 Å². The van der Waals surface area contributed by atoms with E-state index in [4.69, 9.17) is 0 Å². The smallest absolute Gasteiger partial charge is 0.267 e. The van der Waals surface area contributed by atoms with Crippen LogP contribution < -0.4 is 9.62 Å². The minimum absolute atomic E-state index is 0.0821. The Hall–Kier alpha value is -2.15. The van der Waals surface area contributed by atoms with Crippen LogP contribution in [0.3, 0.4) is 0 Å². The van der Waals surface area contributed by atoms with E-state index in [1.165, 1.54) is 43.7 Å². The zero-order valence-electron chi connectivity index (χ0n) is 11.7. The van der Waals surface area contributed by atoms with Crippen molar-refractivity contribution in [1.29, 1.82) is 0 Å². The van der Waals surface area contributed by atoms with Gasteiger partial charge in [0.05, 0.1) is 11.4 Å². The number of benzene rings is 1. The van der Waals surface area contributed by atoms with E-state index >= 15 is 0 Å². The number of hydrogen-bond donors (Lipinski definition) is 1. The van der Waals surface area contributed by atoms with Crippen LogP contribution >= 0.6 is 0 Å². The summed E-state index contributed by atoms with van der Waals surface area (Å²) >= 11 is 0. The SMILES string of the molecule is CCNc1ccncc1S(=O)(=O)N(C)c1ccc(F)cc1. The Balaban J connectivity index is 2.44. The molecule has 0 radical (unpaired) electrons. The van der Waals surface area contributed by atoms with Gasteiger partial charge in [0.1, 0.15) is 10.7 Å². The van der Waals surface area contributed by atoms with E-state index in [0.717, 1.165) is 4.31 Å². The van der Waals surface area contributed by atoms with Crippen LogP contribution in [-0.2, 0) is 10.0 Å². The van der Waals surface area contributed by atoms with Crippen LogP contribution in [0.1, 0.15) is 6.92 Å². The average Bonchev–Trinajstić information content (AvgIpc) is 2.48. The molecule has 0 saturated carbocycles. The number of sulfonamides is 1. The van der Waals surface area contributed by atoms with Crippen molar-refractivity contribution >= 4 is 21.4 Å². The molecule has 0 aliphatic carbocycles. The van der Waals surface area contributed by atoms with Crippen LogP contribution in [0, 0.1) is 5.82 Å². The van der Waals surface area contributed by atoms with E-state index in [1.807, 2.05) is 6.92 Å². The predicted octanol–water partition coefficient (Wildman–Crippen LogP) is 2.48. The number of nitrogens with one attached hydrogen (secondary N) is 1. The van der Waals surface area contributed by atoms with E-state index in [0.29, 0.717) is 17.9 Å². The Morgan fingerprint density at radius 2 is 1.90 bits per heavy atom. The average molecular weight is 309 g/mol. The highest BCUT2D eigenvalue weighted by Crippen LogP contribution is 2.26. The summed E-state index contributed by atoms with van der Waals surface area (Å²) in [5, 5.41) is 2.99. The molecule has 0 unspecified atom stereocenters. The Labute approximate surface area is 123 Å². The fourth-order valence-corrected chi connectivity index (χ4v) is 3.17. The molecule has 0 aliphatic heterocycles. The van der Waals surface area contributed by atoms with Gasteiger partial charge in [0, 0.05) is 26.0 Å². The second kappa shape index (κ2) is 6.09. The molecule has 112 valence electrons. The van der Waals surface area contributed by atoms with E-state index in [2.05, 4.69) is 10.3 Å². The van der Waals surface area contributed by atoms with Crippen LogP contribution in [0.5, 0.6) is 0 Å². The van der Waals surface area contributed by atoms with E-state index < -0.39 is 15.8 Å². The number of anilines is 2. The number of aromatic nitrogens is 1. The van der Waals surface area contributed by atoms with Gasteiger partial charge in [-0.1, -0.05) is 0 Å². The third-order valence-corrected chi connectivity index (χ3v) is 4.79. The third kappa shape index (κ3) is 3.13. The predicted molar refractivity (Wildman–Crippen MR) is 80.4 cm³/mol. The molecule has 7 heteroatoms. The molecule has 1 heterocycles. The van der Waals surface area contributed by atoms with Gasteiger partial charge < -0.3 is 5.32 Å². The summed E-state index contributed by atoms with van der Waals surface area (Å²) in [5.74, 6) is -0.417. The lowest BCUT2D eigenvalue weighted by Gasteiger charge is -2.21. The quantitative estimate of drug-likeness (QED) is 0.921. The van der Waals surface area contributed by atoms with Gasteiger partial charge in [-0.05, 0) is 37.3 Å². The molecule has 5 nitrogen and oxygen atoms in total. The van der Waals surface area contributed by atoms with Crippen LogP contribution in [0.4, 0.5) is 15.8 Å². The van der Waals surface area contributed by atoms with Gasteiger partial charge in [-0.25, -0.2) is 12.8 Å². The maximum atomic E-state index is 12.9. The number of pyridine rings is 1. The molecular weight excluding hydrogens is 293 g/mol. The summed E-state index contributed by atoms with van der Waals surface area (Å²) in [4.78, 5) is 3.96. The molecule has 0 amide bonds. The van der Waals surface area contributed by atoms with E-state index in [1.54, 1.807) is 6.07 Å². The molecule has 0 bridgehead atoms. The minimum atomic E-state index is -3.77. The summed E-state index contributed by atoms with van der Waals surface area (Å²) < 4.78 is 39.4. The zero-order chi connectivity index (χ0) is 15.5. The highest BCUT2D eigenvalue weighted by Gasteiger charge is 2.24. The van der Waals surface area contributed by atoms with Gasteiger partial charge >= 0.3 is 0 Å². The highest BCUT2D eigenvalue weighted by atomic mass is 32.2. The first kappa shape index (κ1) is 15.2. The van der Waals surface area contributed by atoms with Crippen molar-refractivity contribution < 1.29 is 12.8 Å². The zero-order valence-corrected chi connectivity index (χ0v) is 12.6. The van der Waals surface area contributed by atoms with Crippen molar-refractivity contribution in [3.8, 4) is 0 Å². The van der Waals surface area contributed by atoms with Crippen molar-refractivity contribution in [2.45, 2.75) is 11.8 Å². The molecule has 1 aromatic carbocycles. The Morgan fingerprint density at radius 1 is 1.24 bits per heavy atom. The van der Waals surface area contributed by atoms with Crippen molar-refractivity contribution in [3.05, 3.63) is 48.5 Å². The summed E-state index contributed by atoms with van der Waals surface area (Å²) in [6.07, 6.45) is 2.82. The molecule has 0 atom stereocenters. The summed E-state index contributed by atoms with van der Waals surface area (Å²) in [6.45, 7) is 2.47. The number of rotatable bonds is 5. The standard InChI is InChI=1S/C14H16FN3O2S/c1-3-17-13-8-9-16-10-14(13)21(19,20)18(2)12-6-4-11(15)5-7-12/h4-10H,3H2,1-2H3,(H,16,17). The molecule has 0 spiro atoms. The lowest BCUT2D eigenvalue weighted by molar-refractivity contribution is 0.594. The van der Waals surface area contributed by atoms with E-state index in [9.17, 15) is 12.8 Å². The summed E-state index contributed by atoms with van der Waals surface area (Å²) in [5.41, 5.74) is 0.865. The Bertz CT molecular complexity index is 717. The van der Waals surface area contributed by atoms with Crippen molar-refractivity contribution in [2.24, 2.45) is 0 Å². The topological polar surface area (TPSA) is 62.3 Å². The molecule has 0 saturated heterocycles. The first-order chi connectivity index (χ1) is 9.96. The monoisotopic (exact) mass is 309 g/mol. The maximum absolute atomic E-state index is 12.9. The summed E-state index contributed by atoms with van der Waals surface area (Å²) in [7, 11) is -2.35. The molecule has 1 N–H and O–H groups in total. The molecule has 0 fully saturated rings. The number of nitrogens with zero attached hydrogens (tertiary/aromatic N) is 2. The minimum Gasteiger partial charge on any atom is -0.384 e. The second-order valence-electron chi connectivity index (χ2n) is 4.35. The van der Waals surface area contributed by atoms with Crippen LogP contribution in [0.2, 0.25) is 0 Å². The number of halogens is 1. The van der Waals surface area contributed by atoms with Crippen molar-refractivity contribution in [1.82, 2.24) is 4.98 Å². The first-order valence-corrected chi connectivity index (χ1v) is 7.83. The maximum Gasteiger partial charge on any atom is 0.267 e. The third-order valence-electron chi connectivity index (χ3n) is 2.98. The first-order valence-electron chi connectivity index (χ1n) is 6.39. The molecule has 2 aromatic rings. The Kier molecular flexibility index (Phi) is 4.42. The fraction of sp³-hybridized carbons (Fsp3) is 0.214. The van der Waals surface area contributed by atoms with Gasteiger partial charge in [0.25, 0.3) is 10.0 Å². The van der Waals surface area contributed by atoms with Gasteiger partial charge in [0.15, 0.2) is 0 Å². The fourth-order valence-electron chi connectivity index (χ4n) is 1.86. The lowest BCUT2D eigenvalue weighted by Crippen LogP contribution is -2.27. The second-order valence-corrected chi connectivity index (χ2v) is 6.29. The van der Waals surface area contributed by atoms with Crippen LogP contribution in [0.25, 0.3) is 0 Å². The Morgan fingerprint density at radius 3 is 2.52 bits per heavy atom. The molecule has 1 aromatic heterocycles. The van der Waals surface area contributed by atoms with Crippen LogP contribution in [0.15, 0.2) is 47.6 Å². The van der Waals surface area contributed by atoms with Gasteiger partial charge in [-0.15, -0.1) is 0 Å². The number of hydrogen-bond acceptors (Lipinski definition) is 4. The van der Waals surface area contributed by atoms with Gasteiger partial charge in [-0.3, -0.25) is 9.29 Å². The van der Waals surface area contributed by atoms with Crippen LogP contribution in [-0.4, -0.2) is 27.0 Å². The molecule has 2 rings (SSSR count). The molecule has 21 heavy (non-hydrogen) atoms. The largest absolute Gasteiger partial charge is 0.384 e. The van der Waals surface area contributed by atoms with Gasteiger partial charge in [-0.2, -0.15) is 0 Å². The lowest BCUT2D eigenvalue weighted by atomic mass is 10.3. The van der Waals surface area contributed by atoms with Crippen molar-refractivity contribution in [2.75, 3.05) is 23.2 Å². The highest BCUT2D eigenvalue weighted by molar-refractivity contribution is 7.93. The van der Waals surface area contributed by atoms with Gasteiger partial charge in [0.2, 0.25) is 0 Å². The molecular formula is C14H16FN3O2S.